The standard InChI is InChI=1S/C29H43N5O3S/c1-20-25(38-19-31-20)22-11-9-21(10-12-22)18-30-27(36)23-8-7-16-34(23)28(37)26(29(2,3)4)32-24(35)13-17-33-14-5-6-15-33/h9-12,23,26,31H,5-8,13-19H2,1-4H3,(H,30,36)(H,32,35). The molecule has 3 heterocycles. The molecule has 208 valence electrons. The van der Waals surface area contributed by atoms with Crippen LogP contribution in [0.1, 0.15) is 70.9 Å². The number of rotatable bonds is 9. The van der Waals surface area contributed by atoms with Gasteiger partial charge in [-0.3, -0.25) is 14.4 Å². The molecule has 0 bridgehead atoms. The molecule has 2 saturated heterocycles. The molecule has 9 heteroatoms. The zero-order chi connectivity index (χ0) is 27.3. The fraction of sp³-hybridized carbons (Fsp3) is 0.621. The second-order valence-corrected chi connectivity index (χ2v) is 12.7. The van der Waals surface area contributed by atoms with Crippen molar-refractivity contribution in [3.05, 3.63) is 41.1 Å². The smallest absolute Gasteiger partial charge is 0.246 e. The van der Waals surface area contributed by atoms with E-state index in [1.54, 1.807) is 16.7 Å². The van der Waals surface area contributed by atoms with Gasteiger partial charge in [-0.25, -0.2) is 0 Å². The van der Waals surface area contributed by atoms with Gasteiger partial charge in [-0.1, -0.05) is 45.0 Å². The molecule has 3 aliphatic heterocycles. The number of nitrogens with one attached hydrogen (secondary N) is 3. The maximum atomic E-state index is 13.7. The van der Waals surface area contributed by atoms with E-state index in [4.69, 9.17) is 0 Å². The van der Waals surface area contributed by atoms with E-state index < -0.39 is 17.5 Å². The van der Waals surface area contributed by atoms with Crippen molar-refractivity contribution in [3.63, 3.8) is 0 Å². The van der Waals surface area contributed by atoms with Crippen LogP contribution in [0.15, 0.2) is 30.0 Å². The summed E-state index contributed by atoms with van der Waals surface area (Å²) in [6.07, 6.45) is 4.16. The number of hydrogen-bond donors (Lipinski definition) is 3. The minimum Gasteiger partial charge on any atom is -0.378 e. The highest BCUT2D eigenvalue weighted by molar-refractivity contribution is 8.08. The summed E-state index contributed by atoms with van der Waals surface area (Å²) in [4.78, 5) is 44.9. The lowest BCUT2D eigenvalue weighted by atomic mass is 9.85. The monoisotopic (exact) mass is 541 g/mol. The van der Waals surface area contributed by atoms with Crippen molar-refractivity contribution in [3.8, 4) is 0 Å². The number of carbonyl (C=O) groups is 3. The Hall–Kier alpha value is -2.52. The first kappa shape index (κ1) is 28.5. The molecule has 3 aliphatic rings. The van der Waals surface area contributed by atoms with Gasteiger partial charge >= 0.3 is 0 Å². The predicted octanol–water partition coefficient (Wildman–Crippen LogP) is 3.29. The van der Waals surface area contributed by atoms with Crippen LogP contribution in [0.2, 0.25) is 0 Å². The second kappa shape index (κ2) is 12.6. The van der Waals surface area contributed by atoms with Crippen molar-refractivity contribution in [2.24, 2.45) is 5.41 Å². The summed E-state index contributed by atoms with van der Waals surface area (Å²) in [5, 5.41) is 9.39. The third-order valence-electron chi connectivity index (χ3n) is 7.69. The fourth-order valence-corrected chi connectivity index (χ4v) is 6.43. The van der Waals surface area contributed by atoms with Crippen molar-refractivity contribution in [1.82, 2.24) is 25.8 Å². The summed E-state index contributed by atoms with van der Waals surface area (Å²) in [6, 6.07) is 7.08. The van der Waals surface area contributed by atoms with E-state index in [0.717, 1.165) is 37.5 Å². The number of nitrogens with zero attached hydrogens (tertiary/aromatic N) is 2. The molecule has 4 rings (SSSR count). The number of allylic oxidation sites excluding steroid dienone is 1. The Bertz CT molecular complexity index is 1040. The fourth-order valence-electron chi connectivity index (χ4n) is 5.40. The first-order valence-corrected chi connectivity index (χ1v) is 14.9. The molecule has 0 aromatic heterocycles. The Morgan fingerprint density at radius 3 is 2.42 bits per heavy atom. The minimum absolute atomic E-state index is 0.105. The van der Waals surface area contributed by atoms with E-state index in [2.05, 4.69) is 39.9 Å². The van der Waals surface area contributed by atoms with Crippen LogP contribution in [-0.2, 0) is 20.9 Å². The first-order valence-electron chi connectivity index (χ1n) is 13.9. The Labute approximate surface area is 231 Å². The van der Waals surface area contributed by atoms with Crippen molar-refractivity contribution in [2.45, 2.75) is 78.4 Å². The first-order chi connectivity index (χ1) is 18.1. The summed E-state index contributed by atoms with van der Waals surface area (Å²) in [6.45, 7) is 11.7. The van der Waals surface area contributed by atoms with Crippen LogP contribution in [0.3, 0.4) is 0 Å². The average Bonchev–Trinajstić information content (AvgIpc) is 3.66. The van der Waals surface area contributed by atoms with Crippen LogP contribution in [0, 0.1) is 5.41 Å². The SMILES string of the molecule is CC1=C(c2ccc(CNC(=O)C3CCCN3C(=O)C(NC(=O)CCN3CCCC3)C(C)(C)C)cc2)SCN1. The van der Waals surface area contributed by atoms with Gasteiger partial charge in [-0.2, -0.15) is 0 Å². The van der Waals surface area contributed by atoms with Crippen LogP contribution < -0.4 is 16.0 Å². The number of amides is 3. The van der Waals surface area contributed by atoms with Crippen LogP contribution in [0.4, 0.5) is 0 Å². The van der Waals surface area contributed by atoms with Crippen molar-refractivity contribution in [2.75, 3.05) is 32.1 Å². The molecule has 3 N–H and O–H groups in total. The molecule has 0 spiro atoms. The van der Waals surface area contributed by atoms with E-state index in [-0.39, 0.29) is 17.7 Å². The Morgan fingerprint density at radius 2 is 1.79 bits per heavy atom. The van der Waals surface area contributed by atoms with Gasteiger partial charge in [0.05, 0.1) is 5.88 Å². The van der Waals surface area contributed by atoms with Crippen molar-refractivity contribution in [1.29, 1.82) is 0 Å². The minimum atomic E-state index is -0.671. The van der Waals surface area contributed by atoms with E-state index in [1.807, 2.05) is 32.9 Å². The zero-order valence-electron chi connectivity index (χ0n) is 23.3. The summed E-state index contributed by atoms with van der Waals surface area (Å²) < 4.78 is 0. The van der Waals surface area contributed by atoms with E-state index >= 15 is 0 Å². The van der Waals surface area contributed by atoms with Crippen LogP contribution >= 0.6 is 11.8 Å². The molecule has 1 aromatic carbocycles. The van der Waals surface area contributed by atoms with E-state index in [1.165, 1.54) is 29.0 Å². The topological polar surface area (TPSA) is 93.8 Å². The number of hydrogen-bond acceptors (Lipinski definition) is 6. The molecule has 8 nitrogen and oxygen atoms in total. The number of carbonyl (C=O) groups excluding carboxylic acids is 3. The Balaban J connectivity index is 1.33. The molecular formula is C29H43N5O3S. The highest BCUT2D eigenvalue weighted by Crippen LogP contribution is 2.33. The number of benzene rings is 1. The van der Waals surface area contributed by atoms with Gasteiger partial charge in [0, 0.05) is 36.7 Å². The van der Waals surface area contributed by atoms with E-state index in [9.17, 15) is 14.4 Å². The molecule has 1 aromatic rings. The van der Waals surface area contributed by atoms with Crippen LogP contribution in [0.5, 0.6) is 0 Å². The van der Waals surface area contributed by atoms with Crippen LogP contribution in [-0.4, -0.2) is 71.7 Å². The maximum absolute atomic E-state index is 13.7. The van der Waals surface area contributed by atoms with Crippen molar-refractivity contribution < 1.29 is 14.4 Å². The molecule has 0 saturated carbocycles. The number of thioether (sulfide) groups is 1. The molecule has 0 radical (unpaired) electrons. The average molecular weight is 542 g/mol. The number of likely N-dealkylation sites (tertiary alicyclic amines) is 2. The van der Waals surface area contributed by atoms with Crippen molar-refractivity contribution >= 4 is 34.4 Å². The third-order valence-corrected chi connectivity index (χ3v) is 8.81. The Morgan fingerprint density at radius 1 is 1.08 bits per heavy atom. The summed E-state index contributed by atoms with van der Waals surface area (Å²) >= 11 is 1.80. The summed E-state index contributed by atoms with van der Waals surface area (Å²) in [5.74, 6) is 0.488. The van der Waals surface area contributed by atoms with Gasteiger partial charge in [0.2, 0.25) is 17.7 Å². The lowest BCUT2D eigenvalue weighted by Gasteiger charge is -2.35. The second-order valence-electron chi connectivity index (χ2n) is 11.7. The van der Waals surface area contributed by atoms with Gasteiger partial charge in [0.1, 0.15) is 12.1 Å². The van der Waals surface area contributed by atoms with E-state index in [0.29, 0.717) is 25.9 Å². The van der Waals surface area contributed by atoms with Gasteiger partial charge in [0.25, 0.3) is 0 Å². The Kier molecular flexibility index (Phi) is 9.41. The molecule has 2 atom stereocenters. The molecule has 2 fully saturated rings. The largest absolute Gasteiger partial charge is 0.378 e. The molecule has 0 aliphatic carbocycles. The van der Waals surface area contributed by atoms with Gasteiger partial charge < -0.3 is 25.8 Å². The molecule has 2 unspecified atom stereocenters. The molecular weight excluding hydrogens is 498 g/mol. The predicted molar refractivity (Wildman–Crippen MR) is 153 cm³/mol. The normalized spacial score (nSPS) is 20.9. The van der Waals surface area contributed by atoms with Gasteiger partial charge in [-0.05, 0) is 62.2 Å². The zero-order valence-corrected chi connectivity index (χ0v) is 24.1. The van der Waals surface area contributed by atoms with Crippen LogP contribution in [0.25, 0.3) is 4.91 Å². The lowest BCUT2D eigenvalue weighted by molar-refractivity contribution is -0.144. The lowest BCUT2D eigenvalue weighted by Crippen LogP contribution is -2.57. The summed E-state index contributed by atoms with van der Waals surface area (Å²) in [7, 11) is 0. The maximum Gasteiger partial charge on any atom is 0.246 e. The molecule has 3 amide bonds. The molecule has 38 heavy (non-hydrogen) atoms. The highest BCUT2D eigenvalue weighted by Gasteiger charge is 2.41. The highest BCUT2D eigenvalue weighted by atomic mass is 32.2. The quantitative estimate of drug-likeness (QED) is 0.444. The summed E-state index contributed by atoms with van der Waals surface area (Å²) in [5.41, 5.74) is 2.92. The van der Waals surface area contributed by atoms with Gasteiger partial charge in [0.15, 0.2) is 0 Å². The third kappa shape index (κ3) is 7.11. The van der Waals surface area contributed by atoms with Gasteiger partial charge in [-0.15, -0.1) is 11.8 Å².